The number of halogens is 6. The molecule has 1 saturated heterocycles. The Bertz CT molecular complexity index is 601. The third-order valence-corrected chi connectivity index (χ3v) is 2.95. The normalized spacial score (nSPS) is 17.4. The first-order valence-corrected chi connectivity index (χ1v) is 6.76. The lowest BCUT2D eigenvalue weighted by molar-refractivity contribution is -0.192. The van der Waals surface area contributed by atoms with Crippen LogP contribution < -0.4 is 10.6 Å². The van der Waals surface area contributed by atoms with Gasteiger partial charge in [-0.05, 0) is 18.6 Å². The smallest absolute Gasteiger partial charge is 0.475 e. The summed E-state index contributed by atoms with van der Waals surface area (Å²) in [5.41, 5.74) is -0.776. The Balaban J connectivity index is 0.000000381. The summed E-state index contributed by atoms with van der Waals surface area (Å²) >= 11 is 0. The Hall–Kier alpha value is -2.53. The molecule has 1 unspecified atom stereocenters. The molecule has 3 N–H and O–H groups in total. The number of alkyl halides is 6. The van der Waals surface area contributed by atoms with Crippen molar-refractivity contribution in [1.82, 2.24) is 10.3 Å². The highest BCUT2D eigenvalue weighted by Crippen LogP contribution is 2.28. The highest BCUT2D eigenvalue weighted by atomic mass is 19.4. The Labute approximate surface area is 137 Å². The molecule has 1 atom stereocenters. The molecule has 1 fully saturated rings. The van der Waals surface area contributed by atoms with Crippen LogP contribution in [-0.4, -0.2) is 40.7 Å². The van der Waals surface area contributed by atoms with Crippen LogP contribution in [0, 0.1) is 0 Å². The zero-order chi connectivity index (χ0) is 19.3. The second-order valence-corrected chi connectivity index (χ2v) is 4.92. The number of nitrogens with zero attached hydrogens (tertiary/aromatic N) is 1. The van der Waals surface area contributed by atoms with Crippen molar-refractivity contribution in [3.63, 3.8) is 0 Å². The highest BCUT2D eigenvalue weighted by molar-refractivity contribution is 5.78. The van der Waals surface area contributed by atoms with Crippen molar-refractivity contribution in [1.29, 1.82) is 0 Å². The van der Waals surface area contributed by atoms with Gasteiger partial charge in [-0.1, -0.05) is 0 Å². The van der Waals surface area contributed by atoms with Crippen LogP contribution in [0.4, 0.5) is 32.2 Å². The maximum atomic E-state index is 12.3. The van der Waals surface area contributed by atoms with Crippen LogP contribution in [0.2, 0.25) is 0 Å². The first-order valence-electron chi connectivity index (χ1n) is 6.76. The molecule has 0 saturated carbocycles. The van der Waals surface area contributed by atoms with Gasteiger partial charge in [-0.25, -0.2) is 9.78 Å². The number of rotatable bonds is 3. The van der Waals surface area contributed by atoms with Gasteiger partial charge < -0.3 is 15.7 Å². The zero-order valence-electron chi connectivity index (χ0n) is 12.4. The van der Waals surface area contributed by atoms with E-state index in [1.54, 1.807) is 0 Å². The van der Waals surface area contributed by atoms with Crippen molar-refractivity contribution in [2.75, 3.05) is 11.9 Å². The van der Waals surface area contributed by atoms with E-state index >= 15 is 0 Å². The lowest BCUT2D eigenvalue weighted by Crippen LogP contribution is -2.31. The van der Waals surface area contributed by atoms with Gasteiger partial charge in [0.2, 0.25) is 5.91 Å². The summed E-state index contributed by atoms with van der Waals surface area (Å²) in [5, 5.41) is 12.8. The van der Waals surface area contributed by atoms with Gasteiger partial charge >= 0.3 is 18.3 Å². The molecular weight excluding hydrogens is 360 g/mol. The maximum Gasteiger partial charge on any atom is 0.490 e. The van der Waals surface area contributed by atoms with Gasteiger partial charge in [0.1, 0.15) is 5.82 Å². The number of pyridine rings is 1. The summed E-state index contributed by atoms with van der Waals surface area (Å²) in [6.07, 6.45) is -7.44. The Kier molecular flexibility index (Phi) is 6.59. The molecule has 2 heterocycles. The molecule has 1 aromatic rings. The van der Waals surface area contributed by atoms with Gasteiger partial charge in [0.25, 0.3) is 0 Å². The van der Waals surface area contributed by atoms with Crippen LogP contribution >= 0.6 is 0 Å². The minimum atomic E-state index is -5.08. The minimum absolute atomic E-state index is 0.00202. The lowest BCUT2D eigenvalue weighted by Gasteiger charge is -2.12. The molecule has 0 aromatic carbocycles. The fourth-order valence-electron chi connectivity index (χ4n) is 1.72. The number of hydrogen-bond acceptors (Lipinski definition) is 4. The van der Waals surface area contributed by atoms with Gasteiger partial charge in [0.05, 0.1) is 5.56 Å². The number of carbonyl (C=O) groups is 2. The van der Waals surface area contributed by atoms with Gasteiger partial charge in [0, 0.05) is 25.2 Å². The molecule has 1 aliphatic heterocycles. The summed E-state index contributed by atoms with van der Waals surface area (Å²) in [7, 11) is 0. The van der Waals surface area contributed by atoms with Gasteiger partial charge in [-0.2, -0.15) is 26.3 Å². The van der Waals surface area contributed by atoms with Crippen molar-refractivity contribution in [2.45, 2.75) is 31.2 Å². The van der Waals surface area contributed by atoms with Crippen molar-refractivity contribution in [3.05, 3.63) is 23.9 Å². The third kappa shape index (κ3) is 7.27. The van der Waals surface area contributed by atoms with Crippen LogP contribution in [0.15, 0.2) is 18.3 Å². The predicted octanol–water partition coefficient (Wildman–Crippen LogP) is 2.42. The quantitative estimate of drug-likeness (QED) is 0.708. The third-order valence-electron chi connectivity index (χ3n) is 2.95. The van der Waals surface area contributed by atoms with E-state index in [1.807, 2.05) is 0 Å². The summed E-state index contributed by atoms with van der Waals surface area (Å²) in [5.74, 6) is -2.39. The van der Waals surface area contributed by atoms with Crippen LogP contribution in [0.5, 0.6) is 0 Å². The number of nitrogens with one attached hydrogen (secondary N) is 2. The Morgan fingerprint density at radius 1 is 1.28 bits per heavy atom. The number of anilines is 1. The van der Waals surface area contributed by atoms with E-state index in [9.17, 15) is 31.1 Å². The molecule has 0 bridgehead atoms. The molecule has 1 amide bonds. The molecule has 0 aliphatic carbocycles. The van der Waals surface area contributed by atoms with Gasteiger partial charge in [0.15, 0.2) is 0 Å². The standard InChI is InChI=1S/C11H12F3N3O.C2HF3O2/c12-11(13,14)7-1-3-9(15-5-7)16-6-8-2-4-10(18)17-8;3-2(4,5)1(6)7/h1,3,5,8H,2,4,6H2,(H,15,16)(H,17,18);(H,6,7). The largest absolute Gasteiger partial charge is 0.490 e. The van der Waals surface area contributed by atoms with E-state index in [1.165, 1.54) is 6.07 Å². The maximum absolute atomic E-state index is 12.3. The average molecular weight is 373 g/mol. The highest BCUT2D eigenvalue weighted by Gasteiger charge is 2.38. The topological polar surface area (TPSA) is 91.3 Å². The minimum Gasteiger partial charge on any atom is -0.475 e. The number of carboxylic acids is 1. The van der Waals surface area contributed by atoms with E-state index in [0.29, 0.717) is 18.8 Å². The van der Waals surface area contributed by atoms with E-state index in [4.69, 9.17) is 9.90 Å². The van der Waals surface area contributed by atoms with Crippen LogP contribution in [0.3, 0.4) is 0 Å². The molecule has 1 aliphatic rings. The van der Waals surface area contributed by atoms with Crippen molar-refractivity contribution >= 4 is 17.7 Å². The van der Waals surface area contributed by atoms with E-state index in [2.05, 4.69) is 15.6 Å². The SMILES string of the molecule is O=C(O)C(F)(F)F.O=C1CCC(CNc2ccc(C(F)(F)F)cn2)N1. The number of aliphatic carboxylic acids is 1. The van der Waals surface area contributed by atoms with E-state index < -0.39 is 23.9 Å². The molecule has 140 valence electrons. The predicted molar refractivity (Wildman–Crippen MR) is 72.6 cm³/mol. The molecule has 2 rings (SSSR count). The monoisotopic (exact) mass is 373 g/mol. The summed E-state index contributed by atoms with van der Waals surface area (Å²) < 4.78 is 68.6. The van der Waals surface area contributed by atoms with E-state index in [0.717, 1.165) is 18.7 Å². The number of carboxylic acid groups (broad SMARTS) is 1. The van der Waals surface area contributed by atoms with Crippen LogP contribution in [0.1, 0.15) is 18.4 Å². The molecular formula is C13H13F6N3O3. The first kappa shape index (κ1) is 20.5. The van der Waals surface area contributed by atoms with Gasteiger partial charge in [-0.15, -0.1) is 0 Å². The number of amides is 1. The molecule has 0 spiro atoms. The lowest BCUT2D eigenvalue weighted by atomic mass is 10.2. The molecule has 1 aromatic heterocycles. The number of carbonyl (C=O) groups excluding carboxylic acids is 1. The second-order valence-electron chi connectivity index (χ2n) is 4.92. The van der Waals surface area contributed by atoms with Crippen molar-refractivity contribution in [2.24, 2.45) is 0 Å². The fraction of sp³-hybridized carbons (Fsp3) is 0.462. The summed E-state index contributed by atoms with van der Waals surface area (Å²) in [6.45, 7) is 0.462. The summed E-state index contributed by atoms with van der Waals surface area (Å²) in [4.78, 5) is 23.5. The Morgan fingerprint density at radius 3 is 2.24 bits per heavy atom. The first-order chi connectivity index (χ1) is 11.4. The zero-order valence-corrected chi connectivity index (χ0v) is 12.4. The molecule has 12 heteroatoms. The van der Waals surface area contributed by atoms with Crippen LogP contribution in [-0.2, 0) is 15.8 Å². The summed E-state index contributed by atoms with van der Waals surface area (Å²) in [6, 6.07) is 2.27. The van der Waals surface area contributed by atoms with Crippen molar-refractivity contribution in [3.8, 4) is 0 Å². The fourth-order valence-corrected chi connectivity index (χ4v) is 1.72. The van der Waals surface area contributed by atoms with Crippen LogP contribution in [0.25, 0.3) is 0 Å². The molecule has 0 radical (unpaired) electrons. The number of hydrogen-bond donors (Lipinski definition) is 3. The van der Waals surface area contributed by atoms with E-state index in [-0.39, 0.29) is 11.9 Å². The Morgan fingerprint density at radius 2 is 1.88 bits per heavy atom. The number of aromatic nitrogens is 1. The van der Waals surface area contributed by atoms with Gasteiger partial charge in [-0.3, -0.25) is 4.79 Å². The van der Waals surface area contributed by atoms with Crippen molar-refractivity contribution < 1.29 is 41.0 Å². The molecule has 25 heavy (non-hydrogen) atoms. The second kappa shape index (κ2) is 8.03. The molecule has 6 nitrogen and oxygen atoms in total. The average Bonchev–Trinajstić information content (AvgIpc) is 2.90.